The molecule has 1 atom stereocenters. The third kappa shape index (κ3) is 5.61. The molecule has 4 rings (SSSR count). The number of rotatable bonds is 5. The molecule has 2 heterocycles. The SMILES string of the molecule is N#CNC(=NCc1cccc2ccccc12)NC1CCCCN(CC(=O)N2CCCC2)C1=O. The molecule has 0 aromatic heterocycles. The van der Waals surface area contributed by atoms with E-state index in [2.05, 4.69) is 33.8 Å². The number of amides is 2. The highest BCUT2D eigenvalue weighted by molar-refractivity contribution is 5.92. The highest BCUT2D eigenvalue weighted by Crippen LogP contribution is 2.19. The number of fused-ring (bicyclic) bond motifs is 1. The van der Waals surface area contributed by atoms with E-state index in [0.717, 1.165) is 55.1 Å². The van der Waals surface area contributed by atoms with E-state index in [1.54, 1.807) is 4.90 Å². The van der Waals surface area contributed by atoms with E-state index >= 15 is 0 Å². The average Bonchev–Trinajstić information content (AvgIpc) is 3.33. The zero-order valence-electron chi connectivity index (χ0n) is 18.8. The first-order chi connectivity index (χ1) is 16.2. The van der Waals surface area contributed by atoms with E-state index in [1.165, 1.54) is 0 Å². The van der Waals surface area contributed by atoms with Crippen LogP contribution in [0, 0.1) is 11.5 Å². The van der Waals surface area contributed by atoms with Gasteiger partial charge in [-0.2, -0.15) is 5.26 Å². The van der Waals surface area contributed by atoms with Crippen molar-refractivity contribution in [2.24, 2.45) is 4.99 Å². The number of carbonyl (C=O) groups excluding carboxylic acids is 2. The quantitative estimate of drug-likeness (QED) is 0.318. The number of benzene rings is 2. The first-order valence-electron chi connectivity index (χ1n) is 11.6. The Morgan fingerprint density at radius 1 is 1.06 bits per heavy atom. The molecule has 2 aromatic carbocycles. The summed E-state index contributed by atoms with van der Waals surface area (Å²) in [5, 5.41) is 17.2. The van der Waals surface area contributed by atoms with Crippen molar-refractivity contribution in [2.75, 3.05) is 26.2 Å². The molecular weight excluding hydrogens is 416 g/mol. The van der Waals surface area contributed by atoms with E-state index in [9.17, 15) is 14.9 Å². The molecule has 0 radical (unpaired) electrons. The van der Waals surface area contributed by atoms with Gasteiger partial charge in [0, 0.05) is 19.6 Å². The molecular formula is C25H30N6O2. The molecule has 1 unspecified atom stereocenters. The number of hydrogen-bond donors (Lipinski definition) is 2. The Morgan fingerprint density at radius 2 is 1.82 bits per heavy atom. The molecule has 172 valence electrons. The van der Waals surface area contributed by atoms with Gasteiger partial charge >= 0.3 is 0 Å². The number of aliphatic imine (C=N–C) groups is 1. The predicted octanol–water partition coefficient (Wildman–Crippen LogP) is 2.36. The van der Waals surface area contributed by atoms with Gasteiger partial charge in [-0.05, 0) is 48.4 Å². The summed E-state index contributed by atoms with van der Waals surface area (Å²) in [5.74, 6) is 0.177. The smallest absolute Gasteiger partial charge is 0.245 e. The minimum absolute atomic E-state index is 0.0153. The van der Waals surface area contributed by atoms with E-state index in [0.29, 0.717) is 19.5 Å². The van der Waals surface area contributed by atoms with Gasteiger partial charge in [0.05, 0.1) is 13.1 Å². The maximum atomic E-state index is 13.2. The lowest BCUT2D eigenvalue weighted by Gasteiger charge is -2.27. The average molecular weight is 447 g/mol. The summed E-state index contributed by atoms with van der Waals surface area (Å²) in [6.45, 7) is 2.62. The van der Waals surface area contributed by atoms with E-state index in [4.69, 9.17) is 0 Å². The van der Waals surface area contributed by atoms with Crippen molar-refractivity contribution >= 4 is 28.5 Å². The Bertz CT molecular complexity index is 1060. The number of nitrogens with one attached hydrogen (secondary N) is 2. The summed E-state index contributed by atoms with van der Waals surface area (Å²) >= 11 is 0. The molecule has 2 fully saturated rings. The second kappa shape index (κ2) is 10.8. The molecule has 8 heteroatoms. The third-order valence-electron chi connectivity index (χ3n) is 6.34. The summed E-state index contributed by atoms with van der Waals surface area (Å²) in [6, 6.07) is 13.6. The zero-order chi connectivity index (χ0) is 23.0. The number of likely N-dealkylation sites (tertiary alicyclic amines) is 2. The minimum Gasteiger partial charge on any atom is -0.344 e. The molecule has 2 saturated heterocycles. The second-order valence-electron chi connectivity index (χ2n) is 8.58. The number of nitriles is 1. The lowest BCUT2D eigenvalue weighted by molar-refractivity contribution is -0.140. The van der Waals surface area contributed by atoms with Crippen LogP contribution in [-0.2, 0) is 16.1 Å². The van der Waals surface area contributed by atoms with Crippen molar-refractivity contribution in [3.63, 3.8) is 0 Å². The van der Waals surface area contributed by atoms with Crippen LogP contribution in [-0.4, -0.2) is 59.8 Å². The first kappa shape index (κ1) is 22.6. The fraction of sp³-hybridized carbons (Fsp3) is 0.440. The van der Waals surface area contributed by atoms with Crippen LogP contribution in [0.15, 0.2) is 47.5 Å². The maximum absolute atomic E-state index is 13.2. The van der Waals surface area contributed by atoms with Gasteiger partial charge in [0.2, 0.25) is 17.8 Å². The Hall–Kier alpha value is -3.60. The second-order valence-corrected chi connectivity index (χ2v) is 8.58. The topological polar surface area (TPSA) is 101 Å². The Balaban J connectivity index is 1.45. The largest absolute Gasteiger partial charge is 0.344 e. The number of hydrogen-bond acceptors (Lipinski definition) is 4. The highest BCUT2D eigenvalue weighted by atomic mass is 16.2. The number of carbonyl (C=O) groups is 2. The van der Waals surface area contributed by atoms with Crippen molar-refractivity contribution in [2.45, 2.75) is 44.7 Å². The molecule has 0 aliphatic carbocycles. The molecule has 2 aliphatic heterocycles. The lowest BCUT2D eigenvalue weighted by atomic mass is 10.1. The van der Waals surface area contributed by atoms with E-state index in [-0.39, 0.29) is 24.3 Å². The van der Waals surface area contributed by atoms with Crippen LogP contribution < -0.4 is 10.6 Å². The summed E-state index contributed by atoms with van der Waals surface area (Å²) in [6.07, 6.45) is 6.32. The molecule has 2 aromatic rings. The molecule has 0 bridgehead atoms. The third-order valence-corrected chi connectivity index (χ3v) is 6.34. The molecule has 33 heavy (non-hydrogen) atoms. The van der Waals surface area contributed by atoms with Gasteiger partial charge in [0.1, 0.15) is 6.04 Å². The number of nitrogens with zero attached hydrogens (tertiary/aromatic N) is 4. The zero-order valence-corrected chi connectivity index (χ0v) is 18.8. The van der Waals surface area contributed by atoms with Crippen molar-refractivity contribution in [3.05, 3.63) is 48.0 Å². The van der Waals surface area contributed by atoms with Gasteiger partial charge < -0.3 is 15.1 Å². The highest BCUT2D eigenvalue weighted by Gasteiger charge is 2.30. The van der Waals surface area contributed by atoms with Gasteiger partial charge in [0.15, 0.2) is 6.19 Å². The van der Waals surface area contributed by atoms with Crippen LogP contribution in [0.25, 0.3) is 10.8 Å². The molecule has 0 saturated carbocycles. The predicted molar refractivity (Wildman–Crippen MR) is 127 cm³/mol. The van der Waals surface area contributed by atoms with Crippen molar-refractivity contribution in [1.29, 1.82) is 5.26 Å². The van der Waals surface area contributed by atoms with Gasteiger partial charge in [-0.15, -0.1) is 0 Å². The van der Waals surface area contributed by atoms with E-state index in [1.807, 2.05) is 35.4 Å². The van der Waals surface area contributed by atoms with Crippen LogP contribution in [0.1, 0.15) is 37.7 Å². The normalized spacial score (nSPS) is 19.3. The number of guanidine groups is 1. The van der Waals surface area contributed by atoms with Crippen LogP contribution in [0.4, 0.5) is 0 Å². The Kier molecular flexibility index (Phi) is 7.40. The summed E-state index contributed by atoms with van der Waals surface area (Å²) in [7, 11) is 0. The lowest BCUT2D eigenvalue weighted by Crippen LogP contribution is -2.52. The maximum Gasteiger partial charge on any atom is 0.245 e. The van der Waals surface area contributed by atoms with Crippen molar-refractivity contribution in [3.8, 4) is 6.19 Å². The molecule has 2 amide bonds. The van der Waals surface area contributed by atoms with Gasteiger partial charge in [-0.1, -0.05) is 42.5 Å². The summed E-state index contributed by atoms with van der Waals surface area (Å²) in [5.41, 5.74) is 1.04. The molecule has 2 N–H and O–H groups in total. The van der Waals surface area contributed by atoms with Crippen LogP contribution in [0.2, 0.25) is 0 Å². The van der Waals surface area contributed by atoms with Crippen LogP contribution in [0.5, 0.6) is 0 Å². The molecule has 0 spiro atoms. The first-order valence-corrected chi connectivity index (χ1v) is 11.6. The van der Waals surface area contributed by atoms with E-state index < -0.39 is 6.04 Å². The Morgan fingerprint density at radius 3 is 2.64 bits per heavy atom. The van der Waals surface area contributed by atoms with Gasteiger partial charge in [0.25, 0.3) is 0 Å². The Labute approximate surface area is 194 Å². The summed E-state index contributed by atoms with van der Waals surface area (Å²) < 4.78 is 0. The van der Waals surface area contributed by atoms with Crippen LogP contribution >= 0.6 is 0 Å². The van der Waals surface area contributed by atoms with Gasteiger partial charge in [-0.25, -0.2) is 4.99 Å². The van der Waals surface area contributed by atoms with Crippen molar-refractivity contribution in [1.82, 2.24) is 20.4 Å². The van der Waals surface area contributed by atoms with Crippen molar-refractivity contribution < 1.29 is 9.59 Å². The van der Waals surface area contributed by atoms with Gasteiger partial charge in [-0.3, -0.25) is 14.9 Å². The summed E-state index contributed by atoms with van der Waals surface area (Å²) in [4.78, 5) is 33.9. The minimum atomic E-state index is -0.522. The molecule has 8 nitrogen and oxygen atoms in total. The van der Waals surface area contributed by atoms with Crippen LogP contribution in [0.3, 0.4) is 0 Å². The molecule has 2 aliphatic rings. The standard InChI is InChI=1S/C25H30N6O2/c26-18-28-25(27-16-20-10-7-9-19-8-1-2-11-21(19)20)29-22-12-3-4-15-31(24(22)33)17-23(32)30-13-5-6-14-30/h1-2,7-11,22H,3-6,12-17H2,(H2,27,28,29). The monoisotopic (exact) mass is 446 g/mol. The fourth-order valence-electron chi connectivity index (χ4n) is 4.56. The fourth-order valence-corrected chi connectivity index (χ4v) is 4.56.